The van der Waals surface area contributed by atoms with Crippen LogP contribution in [0.15, 0.2) is 28.8 Å². The van der Waals surface area contributed by atoms with Crippen LogP contribution in [0.1, 0.15) is 34.3 Å². The van der Waals surface area contributed by atoms with Gasteiger partial charge in [-0.1, -0.05) is 17.3 Å². The number of ketones is 1. The van der Waals surface area contributed by atoms with Gasteiger partial charge < -0.3 is 9.84 Å². The molecule has 1 heterocycles. The first-order chi connectivity index (χ1) is 9.45. The Hall–Kier alpha value is -2.43. The molecule has 20 heavy (non-hydrogen) atoms. The van der Waals surface area contributed by atoms with Crippen molar-refractivity contribution in [3.8, 4) is 0 Å². The van der Waals surface area contributed by atoms with Crippen LogP contribution in [-0.2, 0) is 11.2 Å². The van der Waals surface area contributed by atoms with Gasteiger partial charge in [-0.3, -0.25) is 9.59 Å². The first-order valence-electron chi connectivity index (χ1n) is 6.29. The normalized spacial score (nSPS) is 10.3. The lowest BCUT2D eigenvalue weighted by Gasteiger charge is -2.09. The fourth-order valence-corrected chi connectivity index (χ4v) is 1.84. The number of carbonyl (C=O) groups excluding carboxylic acids is 2. The molecule has 5 nitrogen and oxygen atoms in total. The Morgan fingerprint density at radius 3 is 2.60 bits per heavy atom. The van der Waals surface area contributed by atoms with Crippen LogP contribution in [0.2, 0.25) is 0 Å². The standard InChI is InChI=1S/C15H16N2O3/c1-9-4-5-12(11(3)18)7-14(9)16-15(19)8-13-6-10(2)20-17-13/h4-7H,8H2,1-3H3,(H,16,19). The van der Waals surface area contributed by atoms with Crippen LogP contribution >= 0.6 is 0 Å². The molecule has 0 saturated carbocycles. The fourth-order valence-electron chi connectivity index (χ4n) is 1.84. The summed E-state index contributed by atoms with van der Waals surface area (Å²) in [5.74, 6) is 0.442. The highest BCUT2D eigenvalue weighted by Crippen LogP contribution is 2.17. The summed E-state index contributed by atoms with van der Waals surface area (Å²) in [6, 6.07) is 6.96. The zero-order valence-corrected chi connectivity index (χ0v) is 11.7. The summed E-state index contributed by atoms with van der Waals surface area (Å²) in [5.41, 5.74) is 2.70. The fraction of sp³-hybridized carbons (Fsp3) is 0.267. The monoisotopic (exact) mass is 272 g/mol. The second-order valence-corrected chi connectivity index (χ2v) is 4.74. The highest BCUT2D eigenvalue weighted by Gasteiger charge is 2.10. The van der Waals surface area contributed by atoms with E-state index in [1.807, 2.05) is 13.0 Å². The molecule has 1 aromatic carbocycles. The third-order valence-corrected chi connectivity index (χ3v) is 2.94. The molecule has 0 spiro atoms. The largest absolute Gasteiger partial charge is 0.361 e. The number of aryl methyl sites for hydroxylation is 2. The molecule has 0 aliphatic heterocycles. The molecule has 1 N–H and O–H groups in total. The number of nitrogens with one attached hydrogen (secondary N) is 1. The summed E-state index contributed by atoms with van der Waals surface area (Å²) in [5, 5.41) is 6.57. The molecule has 0 fully saturated rings. The highest BCUT2D eigenvalue weighted by molar-refractivity contribution is 5.98. The molecule has 104 valence electrons. The van der Waals surface area contributed by atoms with Gasteiger partial charge in [0.05, 0.1) is 12.1 Å². The third-order valence-electron chi connectivity index (χ3n) is 2.94. The SMILES string of the molecule is CC(=O)c1ccc(C)c(NC(=O)Cc2cc(C)on2)c1. The summed E-state index contributed by atoms with van der Waals surface area (Å²) >= 11 is 0. The van der Waals surface area contributed by atoms with E-state index < -0.39 is 0 Å². The quantitative estimate of drug-likeness (QED) is 0.868. The van der Waals surface area contributed by atoms with E-state index in [1.165, 1.54) is 6.92 Å². The van der Waals surface area contributed by atoms with Gasteiger partial charge in [-0.15, -0.1) is 0 Å². The van der Waals surface area contributed by atoms with Crippen LogP contribution in [0, 0.1) is 13.8 Å². The predicted molar refractivity (Wildman–Crippen MR) is 74.8 cm³/mol. The number of amides is 1. The maximum atomic E-state index is 11.9. The molecule has 0 aliphatic rings. The Labute approximate surface area is 117 Å². The maximum Gasteiger partial charge on any atom is 0.230 e. The number of benzene rings is 1. The van der Waals surface area contributed by atoms with Crippen molar-refractivity contribution in [1.82, 2.24) is 5.16 Å². The van der Waals surface area contributed by atoms with Crippen molar-refractivity contribution in [2.75, 3.05) is 5.32 Å². The van der Waals surface area contributed by atoms with Crippen molar-refractivity contribution in [3.63, 3.8) is 0 Å². The van der Waals surface area contributed by atoms with E-state index in [0.717, 1.165) is 5.56 Å². The highest BCUT2D eigenvalue weighted by atomic mass is 16.5. The molecular weight excluding hydrogens is 256 g/mol. The molecule has 1 aromatic heterocycles. The number of hydrogen-bond donors (Lipinski definition) is 1. The minimum Gasteiger partial charge on any atom is -0.361 e. The van der Waals surface area contributed by atoms with Crippen molar-refractivity contribution in [2.24, 2.45) is 0 Å². The number of anilines is 1. The molecule has 2 aromatic rings. The Morgan fingerprint density at radius 1 is 1.25 bits per heavy atom. The van der Waals surface area contributed by atoms with Crippen molar-refractivity contribution in [1.29, 1.82) is 0 Å². The number of hydrogen-bond acceptors (Lipinski definition) is 4. The van der Waals surface area contributed by atoms with Crippen molar-refractivity contribution in [2.45, 2.75) is 27.2 Å². The van der Waals surface area contributed by atoms with Crippen LogP contribution in [-0.4, -0.2) is 16.8 Å². The average Bonchev–Trinajstić information content (AvgIpc) is 2.77. The van der Waals surface area contributed by atoms with Gasteiger partial charge in [-0.25, -0.2) is 0 Å². The lowest BCUT2D eigenvalue weighted by atomic mass is 10.1. The molecule has 0 radical (unpaired) electrons. The summed E-state index contributed by atoms with van der Waals surface area (Å²) in [7, 11) is 0. The molecule has 0 aliphatic carbocycles. The lowest BCUT2D eigenvalue weighted by Crippen LogP contribution is -2.15. The summed E-state index contributed by atoms with van der Waals surface area (Å²) < 4.78 is 4.92. The van der Waals surface area contributed by atoms with Gasteiger partial charge in [0.25, 0.3) is 0 Å². The van der Waals surface area contributed by atoms with E-state index in [-0.39, 0.29) is 18.1 Å². The van der Waals surface area contributed by atoms with Crippen molar-refractivity contribution < 1.29 is 14.1 Å². The minimum atomic E-state index is -0.192. The van der Waals surface area contributed by atoms with Gasteiger partial charge in [0.2, 0.25) is 5.91 Å². The number of aromatic nitrogens is 1. The summed E-state index contributed by atoms with van der Waals surface area (Å²) in [6.07, 6.45) is 0.140. The number of Topliss-reactive ketones (excluding diaryl/α,β-unsaturated/α-hetero) is 1. The summed E-state index contributed by atoms with van der Waals surface area (Å²) in [6.45, 7) is 5.14. The Bertz CT molecular complexity index is 659. The number of carbonyl (C=O) groups is 2. The molecular formula is C15H16N2O3. The zero-order valence-electron chi connectivity index (χ0n) is 11.7. The Morgan fingerprint density at radius 2 is 2.00 bits per heavy atom. The molecule has 1 amide bonds. The van der Waals surface area contributed by atoms with Crippen LogP contribution in [0.4, 0.5) is 5.69 Å². The predicted octanol–water partition coefficient (Wildman–Crippen LogP) is 2.68. The molecule has 2 rings (SSSR count). The number of nitrogens with zero attached hydrogens (tertiary/aromatic N) is 1. The lowest BCUT2D eigenvalue weighted by molar-refractivity contribution is -0.115. The molecule has 0 atom stereocenters. The topological polar surface area (TPSA) is 72.2 Å². The van der Waals surface area contributed by atoms with Crippen molar-refractivity contribution in [3.05, 3.63) is 46.8 Å². The van der Waals surface area contributed by atoms with Crippen LogP contribution in [0.5, 0.6) is 0 Å². The van der Waals surface area contributed by atoms with Gasteiger partial charge >= 0.3 is 0 Å². The second kappa shape index (κ2) is 5.69. The average molecular weight is 272 g/mol. The second-order valence-electron chi connectivity index (χ2n) is 4.74. The molecule has 0 saturated heterocycles. The van der Waals surface area contributed by atoms with E-state index >= 15 is 0 Å². The van der Waals surface area contributed by atoms with Gasteiger partial charge in [0.15, 0.2) is 5.78 Å². The zero-order chi connectivity index (χ0) is 14.7. The van der Waals surface area contributed by atoms with Gasteiger partial charge in [0.1, 0.15) is 5.76 Å². The van der Waals surface area contributed by atoms with Crippen LogP contribution in [0.3, 0.4) is 0 Å². The Kier molecular flexibility index (Phi) is 3.98. The maximum absolute atomic E-state index is 11.9. The van der Waals surface area contributed by atoms with Crippen LogP contribution < -0.4 is 5.32 Å². The van der Waals surface area contributed by atoms with E-state index in [2.05, 4.69) is 10.5 Å². The molecule has 0 unspecified atom stereocenters. The Balaban J connectivity index is 2.11. The first-order valence-corrected chi connectivity index (χ1v) is 6.29. The number of rotatable bonds is 4. The third kappa shape index (κ3) is 3.32. The van der Waals surface area contributed by atoms with E-state index in [9.17, 15) is 9.59 Å². The molecule has 5 heteroatoms. The van der Waals surface area contributed by atoms with Gasteiger partial charge in [-0.05, 0) is 32.4 Å². The summed E-state index contributed by atoms with van der Waals surface area (Å²) in [4.78, 5) is 23.3. The van der Waals surface area contributed by atoms with Crippen molar-refractivity contribution >= 4 is 17.4 Å². The minimum absolute atomic E-state index is 0.0346. The van der Waals surface area contributed by atoms with Crippen LogP contribution in [0.25, 0.3) is 0 Å². The van der Waals surface area contributed by atoms with E-state index in [0.29, 0.717) is 22.7 Å². The van der Waals surface area contributed by atoms with E-state index in [4.69, 9.17) is 4.52 Å². The van der Waals surface area contributed by atoms with E-state index in [1.54, 1.807) is 25.1 Å². The first kappa shape index (κ1) is 14.0. The van der Waals surface area contributed by atoms with Gasteiger partial charge in [0, 0.05) is 17.3 Å². The molecule has 0 bridgehead atoms. The smallest absolute Gasteiger partial charge is 0.230 e. The van der Waals surface area contributed by atoms with Gasteiger partial charge in [-0.2, -0.15) is 0 Å².